The van der Waals surface area contributed by atoms with Crippen molar-refractivity contribution in [1.29, 1.82) is 0 Å². The molecule has 13 aromatic rings. The van der Waals surface area contributed by atoms with E-state index in [0.29, 0.717) is 34.9 Å². The van der Waals surface area contributed by atoms with E-state index in [-0.39, 0.29) is 0 Å². The fourth-order valence-corrected chi connectivity index (χ4v) is 9.72. The van der Waals surface area contributed by atoms with Crippen LogP contribution in [0.1, 0.15) is 5.56 Å². The number of hydrogen-bond acceptors (Lipinski definition) is 6. The molecule has 324 valence electrons. The quantitative estimate of drug-likeness (QED) is 0.151. The lowest BCUT2D eigenvalue weighted by molar-refractivity contribution is 1.06. The van der Waals surface area contributed by atoms with Gasteiger partial charge >= 0.3 is 0 Å². The van der Waals surface area contributed by atoms with Crippen molar-refractivity contribution in [2.75, 3.05) is 0 Å². The third-order valence-corrected chi connectivity index (χ3v) is 12.9. The first-order chi connectivity index (χ1) is 34.1. The maximum Gasteiger partial charge on any atom is 0.166 e. The first-order valence-electron chi connectivity index (χ1n) is 23.0. The first-order valence-corrected chi connectivity index (χ1v) is 23.0. The van der Waals surface area contributed by atoms with Gasteiger partial charge in [0.05, 0.1) is 33.4 Å². The molecule has 0 bridgehead atoms. The molecule has 0 saturated heterocycles. The van der Waals surface area contributed by atoms with E-state index in [1.807, 2.05) is 91.0 Å². The minimum Gasteiger partial charge on any atom is -0.308 e. The van der Waals surface area contributed by atoms with Crippen molar-refractivity contribution in [1.82, 2.24) is 39.0 Å². The monoisotopic (exact) mass is 884 g/mol. The van der Waals surface area contributed by atoms with E-state index in [9.17, 15) is 0 Å². The van der Waals surface area contributed by atoms with E-state index in [4.69, 9.17) is 29.9 Å². The van der Waals surface area contributed by atoms with Gasteiger partial charge in [-0.25, -0.2) is 29.9 Å². The lowest BCUT2D eigenvalue weighted by Gasteiger charge is -2.15. The Morgan fingerprint density at radius 3 is 1.04 bits per heavy atom. The van der Waals surface area contributed by atoms with Gasteiger partial charge in [0, 0.05) is 54.9 Å². The minimum atomic E-state index is 0.595. The highest BCUT2D eigenvalue weighted by Crippen LogP contribution is 2.42. The summed E-state index contributed by atoms with van der Waals surface area (Å²) in [5.41, 5.74) is 12.9. The van der Waals surface area contributed by atoms with Crippen molar-refractivity contribution in [3.8, 4) is 79.7 Å². The van der Waals surface area contributed by atoms with Crippen LogP contribution in [0.4, 0.5) is 0 Å². The summed E-state index contributed by atoms with van der Waals surface area (Å²) >= 11 is 0. The average Bonchev–Trinajstić information content (AvgIpc) is 3.92. The Labute approximate surface area is 397 Å². The van der Waals surface area contributed by atoms with Crippen LogP contribution in [0.2, 0.25) is 0 Å². The van der Waals surface area contributed by atoms with Gasteiger partial charge in [0.25, 0.3) is 0 Å². The van der Waals surface area contributed by atoms with Crippen molar-refractivity contribution in [3.63, 3.8) is 0 Å². The summed E-state index contributed by atoms with van der Waals surface area (Å²) in [6, 6.07) is 77.6. The molecule has 4 aromatic heterocycles. The Balaban J connectivity index is 1.04. The van der Waals surface area contributed by atoms with Crippen molar-refractivity contribution >= 4 is 43.6 Å². The molecule has 0 fully saturated rings. The van der Waals surface area contributed by atoms with Crippen molar-refractivity contribution in [3.05, 3.63) is 230 Å². The molecule has 0 saturated carbocycles. The third-order valence-electron chi connectivity index (χ3n) is 12.9. The minimum absolute atomic E-state index is 0.595. The topological polar surface area (TPSA) is 87.2 Å². The van der Waals surface area contributed by atoms with Gasteiger partial charge in [-0.2, -0.15) is 0 Å². The summed E-state index contributed by atoms with van der Waals surface area (Å²) in [7, 11) is 0. The Hall–Kier alpha value is -9.40. The smallest absolute Gasteiger partial charge is 0.166 e. The fourth-order valence-electron chi connectivity index (χ4n) is 9.72. The second-order valence-electron chi connectivity index (χ2n) is 17.2. The molecule has 0 atom stereocenters. The number of aryl methyl sites for hydroxylation is 1. The predicted molar refractivity (Wildman–Crippen MR) is 279 cm³/mol. The summed E-state index contributed by atoms with van der Waals surface area (Å²) in [6.45, 7) is 2.09. The highest BCUT2D eigenvalue weighted by molar-refractivity contribution is 6.19. The molecule has 0 radical (unpaired) electrons. The first kappa shape index (κ1) is 39.9. The Morgan fingerprint density at radius 1 is 0.261 bits per heavy atom. The van der Waals surface area contributed by atoms with Crippen LogP contribution >= 0.6 is 0 Å². The van der Waals surface area contributed by atoms with Gasteiger partial charge < -0.3 is 9.13 Å². The second-order valence-corrected chi connectivity index (χ2v) is 17.2. The lowest BCUT2D eigenvalue weighted by atomic mass is 10.1. The SMILES string of the molecule is Cc1cccc(-c2nc(-c3ccccc3)nc(-c3ccccc3-n3c4ccccc4c4cc5c(cc43)c3ccccc3n5-c3ccccc3-c3nc(-c4ccccc4)nc(-c4ccccc4)n3)n2)c1. The number of para-hydroxylation sites is 4. The van der Waals surface area contributed by atoms with Crippen molar-refractivity contribution < 1.29 is 0 Å². The number of hydrogen-bond donors (Lipinski definition) is 0. The standard InChI is InChI=1S/C61H40N8/c1-39-20-19-27-43(36-39)59-63-58(42-25-9-4-10-26-42)66-61(67-59)47-31-14-18-35-53(47)69-51-33-16-12-29-45(51)49-37-54-48(38-55(49)69)44-28-11-15-32-50(44)68(54)52-34-17-13-30-46(52)60-64-56(40-21-5-2-6-22-40)62-57(65-60)41-23-7-3-8-24-41/h2-38H,1H3. The number of aromatic nitrogens is 8. The van der Waals surface area contributed by atoms with Crippen LogP contribution in [0.25, 0.3) is 123 Å². The summed E-state index contributed by atoms with van der Waals surface area (Å²) in [5.74, 6) is 3.67. The van der Waals surface area contributed by atoms with Gasteiger partial charge in [0.2, 0.25) is 0 Å². The van der Waals surface area contributed by atoms with Gasteiger partial charge in [-0.05, 0) is 61.5 Å². The molecule has 69 heavy (non-hydrogen) atoms. The van der Waals surface area contributed by atoms with Crippen LogP contribution < -0.4 is 0 Å². The van der Waals surface area contributed by atoms with Crippen molar-refractivity contribution in [2.45, 2.75) is 6.92 Å². The van der Waals surface area contributed by atoms with Crippen LogP contribution in [0.15, 0.2) is 224 Å². The molecule has 0 aliphatic rings. The van der Waals surface area contributed by atoms with Crippen LogP contribution in [0, 0.1) is 6.92 Å². The molecule has 0 unspecified atom stereocenters. The average molecular weight is 885 g/mol. The second kappa shape index (κ2) is 16.5. The molecule has 4 heterocycles. The molecular weight excluding hydrogens is 845 g/mol. The lowest BCUT2D eigenvalue weighted by Crippen LogP contribution is -2.04. The number of nitrogens with zero attached hydrogens (tertiary/aromatic N) is 8. The molecule has 0 aliphatic carbocycles. The van der Waals surface area contributed by atoms with E-state index < -0.39 is 0 Å². The van der Waals surface area contributed by atoms with E-state index in [0.717, 1.165) is 93.9 Å². The highest BCUT2D eigenvalue weighted by atomic mass is 15.1. The van der Waals surface area contributed by atoms with E-state index in [2.05, 4.69) is 150 Å². The largest absolute Gasteiger partial charge is 0.308 e. The Bertz CT molecular complexity index is 4030. The highest BCUT2D eigenvalue weighted by Gasteiger charge is 2.23. The summed E-state index contributed by atoms with van der Waals surface area (Å²) in [5, 5.41) is 4.50. The number of rotatable bonds is 8. The molecule has 0 N–H and O–H groups in total. The van der Waals surface area contributed by atoms with Crippen LogP contribution in [0.5, 0.6) is 0 Å². The van der Waals surface area contributed by atoms with Gasteiger partial charge in [0.1, 0.15) is 0 Å². The fraction of sp³-hybridized carbons (Fsp3) is 0.0164. The predicted octanol–water partition coefficient (Wildman–Crippen LogP) is 14.6. The van der Waals surface area contributed by atoms with E-state index in [1.165, 1.54) is 0 Å². The van der Waals surface area contributed by atoms with E-state index >= 15 is 0 Å². The summed E-state index contributed by atoms with van der Waals surface area (Å²) in [4.78, 5) is 30.9. The molecule has 0 spiro atoms. The van der Waals surface area contributed by atoms with Crippen LogP contribution in [-0.4, -0.2) is 39.0 Å². The summed E-state index contributed by atoms with van der Waals surface area (Å²) < 4.78 is 4.75. The number of benzene rings is 9. The number of fused-ring (bicyclic) bond motifs is 6. The molecular formula is C61H40N8. The summed E-state index contributed by atoms with van der Waals surface area (Å²) in [6.07, 6.45) is 0. The van der Waals surface area contributed by atoms with Gasteiger partial charge in [-0.3, -0.25) is 0 Å². The zero-order valence-corrected chi connectivity index (χ0v) is 37.4. The molecule has 0 amide bonds. The molecule has 9 aromatic carbocycles. The molecule has 13 rings (SSSR count). The molecule has 0 aliphatic heterocycles. The van der Waals surface area contributed by atoms with Crippen LogP contribution in [0.3, 0.4) is 0 Å². The third kappa shape index (κ3) is 6.93. The zero-order valence-electron chi connectivity index (χ0n) is 37.4. The molecule has 8 nitrogen and oxygen atoms in total. The van der Waals surface area contributed by atoms with E-state index in [1.54, 1.807) is 0 Å². The maximum atomic E-state index is 5.22. The normalized spacial score (nSPS) is 11.6. The Kier molecular flexibility index (Phi) is 9.54. The maximum absolute atomic E-state index is 5.22. The van der Waals surface area contributed by atoms with Gasteiger partial charge in [-0.15, -0.1) is 0 Å². The molecule has 8 heteroatoms. The Morgan fingerprint density at radius 2 is 0.609 bits per heavy atom. The van der Waals surface area contributed by atoms with Gasteiger partial charge in [0.15, 0.2) is 34.9 Å². The van der Waals surface area contributed by atoms with Gasteiger partial charge in [-0.1, -0.05) is 175 Å². The van der Waals surface area contributed by atoms with Crippen LogP contribution in [-0.2, 0) is 0 Å². The zero-order chi connectivity index (χ0) is 45.8. The van der Waals surface area contributed by atoms with Crippen molar-refractivity contribution in [2.24, 2.45) is 0 Å².